The van der Waals surface area contributed by atoms with Gasteiger partial charge < -0.3 is 0 Å². The predicted octanol–water partition coefficient (Wildman–Crippen LogP) is 2.96. The van der Waals surface area contributed by atoms with Crippen LogP contribution >= 0.6 is 0 Å². The van der Waals surface area contributed by atoms with Gasteiger partial charge in [0.15, 0.2) is 0 Å². The van der Waals surface area contributed by atoms with Gasteiger partial charge in [-0.1, -0.05) is 13.8 Å². The average molecular weight is 174 g/mol. The molecule has 2 heterocycles. The molecular weight excluding hydrogens is 160 g/mol. The number of aromatic nitrogens is 2. The van der Waals surface area contributed by atoms with E-state index < -0.39 is 0 Å². The molecule has 68 valence electrons. The molecule has 0 saturated carbocycles. The monoisotopic (exact) mass is 174 g/mol. The fraction of sp³-hybridized carbons (Fsp3) is 0.273. The highest BCUT2D eigenvalue weighted by molar-refractivity contribution is 5.83. The van der Waals surface area contributed by atoms with Gasteiger partial charge in [-0.2, -0.15) is 0 Å². The van der Waals surface area contributed by atoms with E-state index in [0.717, 1.165) is 5.39 Å². The molecule has 0 bridgehead atoms. The maximum absolute atomic E-state index is 4.07. The maximum atomic E-state index is 4.07. The van der Waals surface area contributed by atoms with E-state index in [1.54, 1.807) is 6.20 Å². The van der Waals surface area contributed by atoms with Crippen molar-refractivity contribution < 1.29 is 0 Å². The molecule has 2 nitrogen and oxygen atoms in total. The Morgan fingerprint density at radius 1 is 1.00 bits per heavy atom. The molecular formula is C11H14N2. The second-order valence-electron chi connectivity index (χ2n) is 2.55. The number of fused-ring (bicyclic) bond motifs is 1. The van der Waals surface area contributed by atoms with Crippen LogP contribution in [0.5, 0.6) is 0 Å². The van der Waals surface area contributed by atoms with Crippen molar-refractivity contribution >= 4 is 10.8 Å². The summed E-state index contributed by atoms with van der Waals surface area (Å²) in [6, 6.07) is 2.01. The molecule has 2 aromatic rings. The molecule has 0 spiro atoms. The third kappa shape index (κ3) is 2.02. The van der Waals surface area contributed by atoms with Crippen molar-refractivity contribution in [2.45, 2.75) is 20.8 Å². The molecule has 0 saturated heterocycles. The van der Waals surface area contributed by atoms with E-state index in [1.165, 1.54) is 10.9 Å². The van der Waals surface area contributed by atoms with Gasteiger partial charge in [0, 0.05) is 30.2 Å². The van der Waals surface area contributed by atoms with Crippen molar-refractivity contribution in [2.75, 3.05) is 0 Å². The van der Waals surface area contributed by atoms with Gasteiger partial charge in [-0.05, 0) is 23.9 Å². The largest absolute Gasteiger partial charge is 0.264 e. The van der Waals surface area contributed by atoms with E-state index in [-0.39, 0.29) is 0 Å². The molecule has 0 aromatic carbocycles. The highest BCUT2D eigenvalue weighted by Crippen LogP contribution is 2.13. The smallest absolute Gasteiger partial charge is 0.0362 e. The zero-order chi connectivity index (χ0) is 9.68. The van der Waals surface area contributed by atoms with Crippen LogP contribution in [0, 0.1) is 6.92 Å². The highest BCUT2D eigenvalue weighted by atomic mass is 14.7. The van der Waals surface area contributed by atoms with Crippen LogP contribution in [0.15, 0.2) is 30.9 Å². The third-order valence-corrected chi connectivity index (χ3v) is 1.76. The minimum Gasteiger partial charge on any atom is -0.264 e. The van der Waals surface area contributed by atoms with Gasteiger partial charge in [-0.25, -0.2) is 0 Å². The summed E-state index contributed by atoms with van der Waals surface area (Å²) in [4.78, 5) is 8.09. The summed E-state index contributed by atoms with van der Waals surface area (Å²) < 4.78 is 0. The molecule has 2 aromatic heterocycles. The van der Waals surface area contributed by atoms with Crippen LogP contribution in [0.1, 0.15) is 19.4 Å². The van der Waals surface area contributed by atoms with Gasteiger partial charge in [-0.15, -0.1) is 0 Å². The van der Waals surface area contributed by atoms with Gasteiger partial charge in [0.05, 0.1) is 0 Å². The quantitative estimate of drug-likeness (QED) is 0.613. The highest BCUT2D eigenvalue weighted by Gasteiger charge is 1.93. The van der Waals surface area contributed by atoms with Crippen molar-refractivity contribution in [2.24, 2.45) is 0 Å². The van der Waals surface area contributed by atoms with Crippen molar-refractivity contribution in [3.8, 4) is 0 Å². The molecule has 13 heavy (non-hydrogen) atoms. The molecule has 0 aliphatic rings. The van der Waals surface area contributed by atoms with Crippen molar-refractivity contribution in [1.82, 2.24) is 9.97 Å². The number of pyridine rings is 2. The fourth-order valence-corrected chi connectivity index (χ4v) is 1.17. The van der Waals surface area contributed by atoms with Crippen LogP contribution in [0.2, 0.25) is 0 Å². The summed E-state index contributed by atoms with van der Waals surface area (Å²) in [6.07, 6.45) is 7.32. The maximum Gasteiger partial charge on any atom is 0.0362 e. The Labute approximate surface area is 78.7 Å². The molecule has 2 rings (SSSR count). The van der Waals surface area contributed by atoms with Gasteiger partial charge >= 0.3 is 0 Å². The van der Waals surface area contributed by atoms with E-state index >= 15 is 0 Å². The summed E-state index contributed by atoms with van der Waals surface area (Å²) in [5, 5.41) is 2.34. The van der Waals surface area contributed by atoms with Crippen LogP contribution in [0.4, 0.5) is 0 Å². The first kappa shape index (κ1) is 9.65. The van der Waals surface area contributed by atoms with Gasteiger partial charge in [-0.3, -0.25) is 9.97 Å². The van der Waals surface area contributed by atoms with Crippen LogP contribution in [-0.4, -0.2) is 9.97 Å². The van der Waals surface area contributed by atoms with E-state index in [9.17, 15) is 0 Å². The van der Waals surface area contributed by atoms with Crippen LogP contribution < -0.4 is 0 Å². The number of aryl methyl sites for hydroxylation is 1. The zero-order valence-corrected chi connectivity index (χ0v) is 8.28. The number of nitrogens with zero attached hydrogens (tertiary/aromatic N) is 2. The predicted molar refractivity (Wildman–Crippen MR) is 55.6 cm³/mol. The van der Waals surface area contributed by atoms with Crippen LogP contribution in [-0.2, 0) is 0 Å². The first-order valence-corrected chi connectivity index (χ1v) is 4.52. The number of rotatable bonds is 0. The summed E-state index contributed by atoms with van der Waals surface area (Å²) in [5.41, 5.74) is 1.20. The number of hydrogen-bond acceptors (Lipinski definition) is 2. The lowest BCUT2D eigenvalue weighted by Gasteiger charge is -1.97. The van der Waals surface area contributed by atoms with Crippen molar-refractivity contribution in [3.63, 3.8) is 0 Å². The lowest BCUT2D eigenvalue weighted by atomic mass is 10.1. The summed E-state index contributed by atoms with van der Waals surface area (Å²) >= 11 is 0. The molecule has 0 radical (unpaired) electrons. The third-order valence-electron chi connectivity index (χ3n) is 1.76. The van der Waals surface area contributed by atoms with E-state index in [1.807, 2.05) is 38.5 Å². The van der Waals surface area contributed by atoms with Crippen LogP contribution in [0.3, 0.4) is 0 Å². The first-order valence-electron chi connectivity index (χ1n) is 4.52. The second-order valence-corrected chi connectivity index (χ2v) is 2.55. The Bertz CT molecular complexity index is 377. The molecule has 0 aliphatic heterocycles. The van der Waals surface area contributed by atoms with Crippen molar-refractivity contribution in [3.05, 3.63) is 36.4 Å². The fourth-order valence-electron chi connectivity index (χ4n) is 1.17. The Balaban J connectivity index is 0.000000396. The van der Waals surface area contributed by atoms with Gasteiger partial charge in [0.25, 0.3) is 0 Å². The standard InChI is InChI=1S/C9H8N2.C2H6/c1-7-4-11-6-8-5-10-3-2-9(7)8;1-2/h2-6H,1H3;1-2H3. The molecule has 0 amide bonds. The first-order chi connectivity index (χ1) is 6.38. The lowest BCUT2D eigenvalue weighted by Crippen LogP contribution is -1.81. The molecule has 0 atom stereocenters. The summed E-state index contributed by atoms with van der Waals surface area (Å²) in [6.45, 7) is 6.05. The normalized spacial score (nSPS) is 9.15. The van der Waals surface area contributed by atoms with E-state index in [4.69, 9.17) is 0 Å². The number of hydrogen-bond donors (Lipinski definition) is 0. The van der Waals surface area contributed by atoms with Gasteiger partial charge in [0.1, 0.15) is 0 Å². The minimum absolute atomic E-state index is 1.10. The molecule has 0 N–H and O–H groups in total. The van der Waals surface area contributed by atoms with Gasteiger partial charge in [0.2, 0.25) is 0 Å². The minimum atomic E-state index is 1.10. The Kier molecular flexibility index (Phi) is 3.38. The van der Waals surface area contributed by atoms with Crippen molar-refractivity contribution in [1.29, 1.82) is 0 Å². The average Bonchev–Trinajstić information content (AvgIpc) is 2.22. The molecule has 0 aliphatic carbocycles. The topological polar surface area (TPSA) is 25.8 Å². The Morgan fingerprint density at radius 3 is 2.38 bits per heavy atom. The summed E-state index contributed by atoms with van der Waals surface area (Å²) in [7, 11) is 0. The lowest BCUT2D eigenvalue weighted by molar-refractivity contribution is 1.28. The van der Waals surface area contributed by atoms with Crippen LogP contribution in [0.25, 0.3) is 10.8 Å². The molecule has 0 fully saturated rings. The Morgan fingerprint density at radius 2 is 1.69 bits per heavy atom. The molecule has 0 unspecified atom stereocenters. The Hall–Kier alpha value is -1.44. The second kappa shape index (κ2) is 4.55. The SMILES string of the molecule is CC.Cc1cncc2cnccc12. The summed E-state index contributed by atoms with van der Waals surface area (Å²) in [5.74, 6) is 0. The zero-order valence-electron chi connectivity index (χ0n) is 8.28. The van der Waals surface area contributed by atoms with E-state index in [0.29, 0.717) is 0 Å². The van der Waals surface area contributed by atoms with E-state index in [2.05, 4.69) is 16.9 Å². The molecule has 2 heteroatoms.